The van der Waals surface area contributed by atoms with E-state index < -0.39 is 0 Å². The second-order valence-corrected chi connectivity index (χ2v) is 10.3. The lowest BCUT2D eigenvalue weighted by Gasteiger charge is -2.24. The highest BCUT2D eigenvalue weighted by Gasteiger charge is 2.41. The highest BCUT2D eigenvalue weighted by Crippen LogP contribution is 2.40. The molecule has 2 fully saturated rings. The van der Waals surface area contributed by atoms with Gasteiger partial charge < -0.3 is 15.0 Å². The van der Waals surface area contributed by atoms with Gasteiger partial charge in [-0.2, -0.15) is 0 Å². The molecule has 4 rings (SSSR count). The maximum Gasteiger partial charge on any atom is 0.233 e. The van der Waals surface area contributed by atoms with Crippen molar-refractivity contribution in [1.29, 1.82) is 0 Å². The largest absolute Gasteiger partial charge is 0.473 e. The zero-order valence-electron chi connectivity index (χ0n) is 19.1. The Morgan fingerprint density at radius 1 is 1.06 bits per heavy atom. The Morgan fingerprint density at radius 2 is 1.74 bits per heavy atom. The second kappa shape index (κ2) is 8.95. The van der Waals surface area contributed by atoms with E-state index in [0.29, 0.717) is 11.3 Å². The van der Waals surface area contributed by atoms with Crippen LogP contribution in [-0.4, -0.2) is 46.7 Å². The van der Waals surface area contributed by atoms with Crippen molar-refractivity contribution >= 4 is 11.6 Å². The average Bonchev–Trinajstić information content (AvgIpc) is 3.25. The van der Waals surface area contributed by atoms with Crippen LogP contribution in [0.4, 0.5) is 5.69 Å². The lowest BCUT2D eigenvalue weighted by molar-refractivity contribution is -0.114. The van der Waals surface area contributed by atoms with Crippen molar-refractivity contribution < 1.29 is 9.53 Å². The van der Waals surface area contributed by atoms with E-state index in [9.17, 15) is 4.79 Å². The van der Waals surface area contributed by atoms with E-state index >= 15 is 0 Å². The Bertz CT molecular complexity index is 875. The van der Waals surface area contributed by atoms with E-state index in [0.717, 1.165) is 41.6 Å². The third-order valence-electron chi connectivity index (χ3n) is 6.39. The van der Waals surface area contributed by atoms with Gasteiger partial charge in [0.2, 0.25) is 11.8 Å². The SMILES string of the molecule is CC(=O)Nc1ccc(-c2ccc(O[C@H]3C[C@@H]4CN(CCC(C)(C)C)C[C@@H]4C3)nn2)cc1. The van der Waals surface area contributed by atoms with Crippen molar-refractivity contribution in [2.45, 2.75) is 53.1 Å². The van der Waals surface area contributed by atoms with Crippen LogP contribution < -0.4 is 10.1 Å². The number of benzene rings is 1. The first-order valence-electron chi connectivity index (χ1n) is 11.4. The number of nitrogens with one attached hydrogen (secondary N) is 1. The number of aromatic nitrogens is 2. The molecule has 31 heavy (non-hydrogen) atoms. The average molecular weight is 423 g/mol. The van der Waals surface area contributed by atoms with Gasteiger partial charge in [-0.3, -0.25) is 4.79 Å². The maximum absolute atomic E-state index is 11.1. The van der Waals surface area contributed by atoms with E-state index in [-0.39, 0.29) is 12.0 Å². The van der Waals surface area contributed by atoms with Gasteiger partial charge in [-0.1, -0.05) is 32.9 Å². The summed E-state index contributed by atoms with van der Waals surface area (Å²) in [5.74, 6) is 2.02. The smallest absolute Gasteiger partial charge is 0.233 e. The highest BCUT2D eigenvalue weighted by atomic mass is 16.5. The first-order chi connectivity index (χ1) is 14.7. The Kier molecular flexibility index (Phi) is 6.28. The Balaban J connectivity index is 1.27. The normalized spacial score (nSPS) is 23.5. The quantitative estimate of drug-likeness (QED) is 0.735. The molecule has 166 valence electrons. The first-order valence-corrected chi connectivity index (χ1v) is 11.4. The molecular formula is C25H34N4O2. The first kappa shape index (κ1) is 21.8. The lowest BCUT2D eigenvalue weighted by atomic mass is 9.92. The number of ether oxygens (including phenoxy) is 1. The molecule has 1 amide bonds. The minimum absolute atomic E-state index is 0.0808. The van der Waals surface area contributed by atoms with Crippen molar-refractivity contribution in [1.82, 2.24) is 15.1 Å². The van der Waals surface area contributed by atoms with Crippen LogP contribution in [0.25, 0.3) is 11.3 Å². The van der Waals surface area contributed by atoms with Gasteiger partial charge >= 0.3 is 0 Å². The molecule has 6 nitrogen and oxygen atoms in total. The summed E-state index contributed by atoms with van der Waals surface area (Å²) in [6.07, 6.45) is 3.73. The standard InChI is InChI=1S/C25H34N4O2/c1-17(30)26-21-7-5-18(6-8-21)23-9-10-24(28-27-23)31-22-13-19-15-29(16-20(19)14-22)12-11-25(2,3)4/h5-10,19-20,22H,11-16H2,1-4H3,(H,26,30)/t19-,20+,22+. The third kappa shape index (κ3) is 5.82. The molecule has 1 aliphatic carbocycles. The van der Waals surface area contributed by atoms with Crippen LogP contribution in [0.3, 0.4) is 0 Å². The van der Waals surface area contributed by atoms with Crippen LogP contribution >= 0.6 is 0 Å². The van der Waals surface area contributed by atoms with Gasteiger partial charge in [0, 0.05) is 37.3 Å². The van der Waals surface area contributed by atoms with Crippen molar-refractivity contribution in [3.05, 3.63) is 36.4 Å². The van der Waals surface area contributed by atoms with Crippen molar-refractivity contribution in [3.63, 3.8) is 0 Å². The summed E-state index contributed by atoms with van der Waals surface area (Å²) in [4.78, 5) is 13.8. The zero-order chi connectivity index (χ0) is 22.0. The Morgan fingerprint density at radius 3 is 2.29 bits per heavy atom. The summed E-state index contributed by atoms with van der Waals surface area (Å²) in [5, 5.41) is 11.4. The topological polar surface area (TPSA) is 67.3 Å². The predicted molar refractivity (Wildman–Crippen MR) is 123 cm³/mol. The molecule has 1 N–H and O–H groups in total. The van der Waals surface area contributed by atoms with Gasteiger partial charge in [-0.05, 0) is 61.3 Å². The Labute approximate surface area is 185 Å². The van der Waals surface area contributed by atoms with E-state index in [2.05, 4.69) is 41.2 Å². The van der Waals surface area contributed by atoms with E-state index in [1.807, 2.05) is 36.4 Å². The summed E-state index contributed by atoms with van der Waals surface area (Å²) in [6.45, 7) is 12.1. The summed E-state index contributed by atoms with van der Waals surface area (Å²) in [7, 11) is 0. The molecule has 1 aromatic carbocycles. The van der Waals surface area contributed by atoms with E-state index in [4.69, 9.17) is 4.74 Å². The predicted octanol–water partition coefficient (Wildman–Crippen LogP) is 4.63. The van der Waals surface area contributed by atoms with Gasteiger partial charge in [0.15, 0.2) is 0 Å². The van der Waals surface area contributed by atoms with Gasteiger partial charge in [-0.25, -0.2) is 0 Å². The molecule has 1 saturated carbocycles. The van der Waals surface area contributed by atoms with Crippen molar-refractivity contribution in [2.24, 2.45) is 17.3 Å². The molecule has 1 saturated heterocycles. The van der Waals surface area contributed by atoms with Crippen LogP contribution in [0.1, 0.15) is 47.0 Å². The van der Waals surface area contributed by atoms with Crippen LogP contribution in [0.2, 0.25) is 0 Å². The summed E-state index contributed by atoms with van der Waals surface area (Å²) < 4.78 is 6.18. The van der Waals surface area contributed by atoms with Gasteiger partial charge in [0.25, 0.3) is 0 Å². The molecular weight excluding hydrogens is 388 g/mol. The molecule has 2 heterocycles. The number of nitrogens with zero attached hydrogens (tertiary/aromatic N) is 3. The number of rotatable bonds is 6. The van der Waals surface area contributed by atoms with Crippen LogP contribution in [0.15, 0.2) is 36.4 Å². The summed E-state index contributed by atoms with van der Waals surface area (Å²) >= 11 is 0. The minimum Gasteiger partial charge on any atom is -0.473 e. The van der Waals surface area contributed by atoms with Gasteiger partial charge in [0.1, 0.15) is 6.10 Å². The number of anilines is 1. The summed E-state index contributed by atoms with van der Waals surface area (Å²) in [6, 6.07) is 11.4. The fraction of sp³-hybridized carbons (Fsp3) is 0.560. The molecule has 2 aliphatic rings. The third-order valence-corrected chi connectivity index (χ3v) is 6.39. The molecule has 3 atom stereocenters. The maximum atomic E-state index is 11.1. The van der Waals surface area contributed by atoms with Crippen LogP contribution in [-0.2, 0) is 4.79 Å². The van der Waals surface area contributed by atoms with E-state index in [1.54, 1.807) is 0 Å². The number of hydrogen-bond donors (Lipinski definition) is 1. The number of amides is 1. The van der Waals surface area contributed by atoms with Gasteiger partial charge in [-0.15, -0.1) is 10.2 Å². The molecule has 6 heteroatoms. The number of fused-ring (bicyclic) bond motifs is 1. The molecule has 0 bridgehead atoms. The van der Waals surface area contributed by atoms with Crippen LogP contribution in [0, 0.1) is 17.3 Å². The molecule has 1 aromatic heterocycles. The molecule has 2 aromatic rings. The monoisotopic (exact) mass is 422 g/mol. The second-order valence-electron chi connectivity index (χ2n) is 10.3. The minimum atomic E-state index is -0.0808. The zero-order valence-corrected chi connectivity index (χ0v) is 19.1. The molecule has 0 spiro atoms. The fourth-order valence-corrected chi connectivity index (χ4v) is 4.75. The molecule has 1 aliphatic heterocycles. The fourth-order valence-electron chi connectivity index (χ4n) is 4.75. The van der Waals surface area contributed by atoms with Crippen molar-refractivity contribution in [3.8, 4) is 17.1 Å². The number of hydrogen-bond acceptors (Lipinski definition) is 5. The number of carbonyl (C=O) groups is 1. The number of carbonyl (C=O) groups excluding carboxylic acids is 1. The van der Waals surface area contributed by atoms with E-state index in [1.165, 1.54) is 33.0 Å². The molecule has 0 radical (unpaired) electrons. The van der Waals surface area contributed by atoms with Crippen molar-refractivity contribution in [2.75, 3.05) is 25.0 Å². The highest BCUT2D eigenvalue weighted by molar-refractivity contribution is 5.88. The summed E-state index contributed by atoms with van der Waals surface area (Å²) in [5.41, 5.74) is 2.92. The lowest BCUT2D eigenvalue weighted by Crippen LogP contribution is -2.28. The number of likely N-dealkylation sites (tertiary alicyclic amines) is 1. The van der Waals surface area contributed by atoms with Crippen LogP contribution in [0.5, 0.6) is 5.88 Å². The van der Waals surface area contributed by atoms with Gasteiger partial charge in [0.05, 0.1) is 5.69 Å². The molecule has 0 unspecified atom stereocenters. The Hall–Kier alpha value is -2.47.